The van der Waals surface area contributed by atoms with Crippen LogP contribution in [0.5, 0.6) is 0 Å². The smallest absolute Gasteiger partial charge is 0.267 e. The molecule has 0 rings (SSSR count). The second kappa shape index (κ2) is 1.80. The molecule has 0 bridgehead atoms. The van der Waals surface area contributed by atoms with E-state index in [1.54, 1.807) is 13.8 Å². The summed E-state index contributed by atoms with van der Waals surface area (Å²) in [5.41, 5.74) is 7.99. The van der Waals surface area contributed by atoms with Gasteiger partial charge < -0.3 is 0 Å². The van der Waals surface area contributed by atoms with Crippen LogP contribution in [0.25, 0.3) is 0 Å². The third-order valence-electron chi connectivity index (χ3n) is 0.494. The Kier molecular flexibility index (Phi) is 1.64. The van der Waals surface area contributed by atoms with Crippen LogP contribution in [0.4, 0.5) is 0 Å². The first-order valence-corrected chi connectivity index (χ1v) is 1.87. The summed E-state index contributed by atoms with van der Waals surface area (Å²) >= 11 is 0. The molecule has 0 aromatic rings. The maximum atomic E-state index is 9.70. The molecule has 0 aliphatic carbocycles. The Morgan fingerprint density at radius 3 is 1.83 bits per heavy atom. The average Bonchev–Trinajstić information content (AvgIpc) is 1.36. The van der Waals surface area contributed by atoms with Crippen molar-refractivity contribution in [2.75, 3.05) is 0 Å². The van der Waals surface area contributed by atoms with Crippen LogP contribution in [-0.2, 0) is 4.79 Å². The SMILES string of the molecule is CC(C)C([N])=O. The molecule has 0 aliphatic heterocycles. The maximum Gasteiger partial charge on any atom is 0.267 e. The van der Waals surface area contributed by atoms with Crippen molar-refractivity contribution in [3.05, 3.63) is 0 Å². The summed E-state index contributed by atoms with van der Waals surface area (Å²) in [5, 5.41) is 0. The van der Waals surface area contributed by atoms with Crippen LogP contribution in [-0.4, -0.2) is 5.91 Å². The van der Waals surface area contributed by atoms with E-state index in [1.165, 1.54) is 0 Å². The number of hydrogen-bond donors (Lipinski definition) is 0. The minimum Gasteiger partial charge on any atom is -0.271 e. The van der Waals surface area contributed by atoms with Crippen molar-refractivity contribution in [3.63, 3.8) is 0 Å². The van der Waals surface area contributed by atoms with Crippen molar-refractivity contribution in [3.8, 4) is 0 Å². The summed E-state index contributed by atoms with van der Waals surface area (Å²) in [6, 6.07) is 0. The molecule has 0 aliphatic rings. The molecular weight excluding hydrogens is 78.0 g/mol. The van der Waals surface area contributed by atoms with Crippen molar-refractivity contribution < 1.29 is 4.79 Å². The Morgan fingerprint density at radius 2 is 1.83 bits per heavy atom. The zero-order valence-electron chi connectivity index (χ0n) is 3.93. The van der Waals surface area contributed by atoms with Crippen LogP contribution in [0.1, 0.15) is 13.8 Å². The van der Waals surface area contributed by atoms with Gasteiger partial charge in [0.05, 0.1) is 0 Å². The zero-order valence-corrected chi connectivity index (χ0v) is 3.93. The highest BCUT2D eigenvalue weighted by molar-refractivity contribution is 5.74. The van der Waals surface area contributed by atoms with E-state index in [1.807, 2.05) is 0 Å². The van der Waals surface area contributed by atoms with E-state index >= 15 is 0 Å². The molecule has 0 heterocycles. The number of rotatable bonds is 1. The Balaban J connectivity index is 3.26. The number of hydrogen-bond acceptors (Lipinski definition) is 1. The summed E-state index contributed by atoms with van der Waals surface area (Å²) < 4.78 is 0. The van der Waals surface area contributed by atoms with Crippen LogP contribution in [0.2, 0.25) is 0 Å². The van der Waals surface area contributed by atoms with Crippen molar-refractivity contribution in [1.29, 1.82) is 0 Å². The topological polar surface area (TPSA) is 39.4 Å². The summed E-state index contributed by atoms with van der Waals surface area (Å²) in [4.78, 5) is 9.70. The van der Waals surface area contributed by atoms with E-state index in [0.29, 0.717) is 0 Å². The first-order valence-electron chi connectivity index (χ1n) is 1.87. The predicted octanol–water partition coefficient (Wildman–Crippen LogP) is 0.238. The van der Waals surface area contributed by atoms with Gasteiger partial charge in [0.15, 0.2) is 0 Å². The molecule has 0 atom stereocenters. The van der Waals surface area contributed by atoms with Crippen molar-refractivity contribution in [2.24, 2.45) is 5.92 Å². The lowest BCUT2D eigenvalue weighted by atomic mass is 10.2. The van der Waals surface area contributed by atoms with Crippen molar-refractivity contribution >= 4 is 5.91 Å². The Labute approximate surface area is 37.3 Å². The van der Waals surface area contributed by atoms with Gasteiger partial charge >= 0.3 is 0 Å². The number of nitrogens with zero attached hydrogens (tertiary/aromatic N) is 1. The van der Waals surface area contributed by atoms with Gasteiger partial charge in [-0.2, -0.15) is 0 Å². The van der Waals surface area contributed by atoms with Gasteiger partial charge in [-0.1, -0.05) is 13.8 Å². The van der Waals surface area contributed by atoms with Crippen molar-refractivity contribution in [2.45, 2.75) is 13.8 Å². The minimum absolute atomic E-state index is 0.231. The lowest BCUT2D eigenvalue weighted by molar-refractivity contribution is -0.121. The normalized spacial score (nSPS) is 9.17. The standard InChI is InChI=1S/C4H7NO/c1-3(2)4(5)6/h3H,1-2H3. The molecule has 0 aromatic heterocycles. The van der Waals surface area contributed by atoms with Crippen LogP contribution >= 0.6 is 0 Å². The fraction of sp³-hybridized carbons (Fsp3) is 0.750. The van der Waals surface area contributed by atoms with Gasteiger partial charge in [-0.15, -0.1) is 5.73 Å². The van der Waals surface area contributed by atoms with Crippen molar-refractivity contribution in [1.82, 2.24) is 5.73 Å². The molecule has 6 heavy (non-hydrogen) atoms. The third-order valence-corrected chi connectivity index (χ3v) is 0.494. The molecule has 2 heteroatoms. The molecule has 0 saturated heterocycles. The minimum atomic E-state index is -0.741. The Bertz CT molecular complexity index is 58.6. The molecule has 0 unspecified atom stereocenters. The molecule has 0 saturated carbocycles. The van der Waals surface area contributed by atoms with E-state index in [-0.39, 0.29) is 5.92 Å². The fourth-order valence-electron chi connectivity index (χ4n) is 0. The van der Waals surface area contributed by atoms with Crippen LogP contribution in [0.15, 0.2) is 0 Å². The number of amides is 1. The van der Waals surface area contributed by atoms with Gasteiger partial charge in [0.1, 0.15) is 0 Å². The van der Waals surface area contributed by atoms with E-state index in [4.69, 9.17) is 5.73 Å². The van der Waals surface area contributed by atoms with Gasteiger partial charge in [-0.3, -0.25) is 4.79 Å². The summed E-state index contributed by atoms with van der Waals surface area (Å²) in [6.07, 6.45) is 0. The third kappa shape index (κ3) is 1.76. The molecule has 0 spiro atoms. The van der Waals surface area contributed by atoms with Gasteiger partial charge in [0, 0.05) is 5.92 Å². The quantitative estimate of drug-likeness (QED) is 0.449. The molecule has 2 radical (unpaired) electrons. The van der Waals surface area contributed by atoms with Crippen LogP contribution in [0, 0.1) is 5.92 Å². The molecule has 34 valence electrons. The van der Waals surface area contributed by atoms with Gasteiger partial charge in [-0.25, -0.2) is 0 Å². The van der Waals surface area contributed by atoms with Gasteiger partial charge in [-0.05, 0) is 0 Å². The first-order chi connectivity index (χ1) is 2.64. The number of carbonyl (C=O) groups excluding carboxylic acids is 1. The molecule has 0 N–H and O–H groups in total. The summed E-state index contributed by atoms with van der Waals surface area (Å²) in [7, 11) is 0. The lowest BCUT2D eigenvalue weighted by Gasteiger charge is -1.87. The predicted molar refractivity (Wildman–Crippen MR) is 22.0 cm³/mol. The fourth-order valence-corrected chi connectivity index (χ4v) is 0. The largest absolute Gasteiger partial charge is 0.271 e. The highest BCUT2D eigenvalue weighted by Crippen LogP contribution is 1.86. The molecule has 0 fully saturated rings. The second-order valence-corrected chi connectivity index (χ2v) is 1.49. The Morgan fingerprint density at radius 1 is 1.67 bits per heavy atom. The van der Waals surface area contributed by atoms with E-state index in [0.717, 1.165) is 0 Å². The highest BCUT2D eigenvalue weighted by Gasteiger charge is 1.99. The maximum absolute atomic E-state index is 9.70. The zero-order chi connectivity index (χ0) is 5.15. The molecule has 1 amide bonds. The van der Waals surface area contributed by atoms with Crippen LogP contribution in [0.3, 0.4) is 0 Å². The van der Waals surface area contributed by atoms with Gasteiger partial charge in [0.2, 0.25) is 0 Å². The van der Waals surface area contributed by atoms with E-state index in [9.17, 15) is 4.79 Å². The van der Waals surface area contributed by atoms with Crippen LogP contribution < -0.4 is 5.73 Å². The number of carbonyl (C=O) groups is 1. The molecule has 2 nitrogen and oxygen atoms in total. The summed E-state index contributed by atoms with van der Waals surface area (Å²) in [6.45, 7) is 3.28. The van der Waals surface area contributed by atoms with E-state index < -0.39 is 5.91 Å². The summed E-state index contributed by atoms with van der Waals surface area (Å²) in [5.74, 6) is -0.972. The molecular formula is C4H7NO. The highest BCUT2D eigenvalue weighted by atomic mass is 16.1. The molecule has 0 aromatic carbocycles. The first kappa shape index (κ1) is 5.47. The lowest BCUT2D eigenvalue weighted by Crippen LogP contribution is -2.05. The van der Waals surface area contributed by atoms with Gasteiger partial charge in [0.25, 0.3) is 5.91 Å². The monoisotopic (exact) mass is 85.1 g/mol. The Hall–Kier alpha value is -0.530. The van der Waals surface area contributed by atoms with E-state index in [2.05, 4.69) is 0 Å². The second-order valence-electron chi connectivity index (χ2n) is 1.49. The average molecular weight is 85.1 g/mol.